The molecule has 9 nitrogen and oxygen atoms in total. The molecule has 5 rings (SSSR count). The maximum Gasteiger partial charge on any atom is 0.407 e. The van der Waals surface area contributed by atoms with Gasteiger partial charge in [-0.3, -0.25) is 9.59 Å². The lowest BCUT2D eigenvalue weighted by Crippen LogP contribution is -2.72. The largest absolute Gasteiger partial charge is 0.467 e. The second-order valence-corrected chi connectivity index (χ2v) is 11.1. The smallest absolute Gasteiger partial charge is 0.407 e. The third kappa shape index (κ3) is 7.39. The molecule has 1 unspecified atom stereocenters. The first kappa shape index (κ1) is 29.4. The van der Waals surface area contributed by atoms with E-state index in [9.17, 15) is 14.4 Å². The van der Waals surface area contributed by atoms with Crippen molar-refractivity contribution in [2.45, 2.75) is 63.3 Å². The number of rotatable bonds is 12. The summed E-state index contributed by atoms with van der Waals surface area (Å²) in [5.41, 5.74) is 1.34. The molecule has 2 aliphatic heterocycles. The lowest BCUT2D eigenvalue weighted by molar-refractivity contribution is -0.162. The van der Waals surface area contributed by atoms with Crippen molar-refractivity contribution in [1.82, 2.24) is 20.4 Å². The number of benzene rings is 2. The lowest BCUT2D eigenvalue weighted by Gasteiger charge is -2.51. The van der Waals surface area contributed by atoms with Gasteiger partial charge in [-0.05, 0) is 61.8 Å². The Morgan fingerprint density at radius 1 is 0.952 bits per heavy atom. The van der Waals surface area contributed by atoms with E-state index in [0.29, 0.717) is 44.4 Å². The highest BCUT2D eigenvalue weighted by Crippen LogP contribution is 2.35. The molecule has 0 radical (unpaired) electrons. The summed E-state index contributed by atoms with van der Waals surface area (Å²) in [7, 11) is 0. The van der Waals surface area contributed by atoms with Crippen molar-refractivity contribution in [3.63, 3.8) is 0 Å². The molecule has 9 heteroatoms. The van der Waals surface area contributed by atoms with Crippen molar-refractivity contribution in [2.75, 3.05) is 26.2 Å². The fourth-order valence-electron chi connectivity index (χ4n) is 5.87. The summed E-state index contributed by atoms with van der Waals surface area (Å²) in [6, 6.07) is 23.0. The van der Waals surface area contributed by atoms with Gasteiger partial charge in [0.25, 0.3) is 0 Å². The van der Waals surface area contributed by atoms with Crippen LogP contribution in [-0.4, -0.2) is 65.5 Å². The van der Waals surface area contributed by atoms with Gasteiger partial charge in [-0.15, -0.1) is 0 Å². The molecule has 3 heterocycles. The topological polar surface area (TPSA) is 104 Å². The SMILES string of the molecule is O=C(NCCCCC1NC(=O)C2(CCN(CCc3ccccc3)CC2)N(Cc2ccco2)C1=O)OCc1ccccc1. The summed E-state index contributed by atoms with van der Waals surface area (Å²) >= 11 is 0. The highest BCUT2D eigenvalue weighted by atomic mass is 16.5. The van der Waals surface area contributed by atoms with E-state index < -0.39 is 17.7 Å². The van der Waals surface area contributed by atoms with Crippen molar-refractivity contribution in [1.29, 1.82) is 0 Å². The molecule has 1 aromatic heterocycles. The Morgan fingerprint density at radius 2 is 1.67 bits per heavy atom. The molecule has 42 heavy (non-hydrogen) atoms. The molecule has 3 aromatic rings. The summed E-state index contributed by atoms with van der Waals surface area (Å²) in [4.78, 5) is 43.7. The van der Waals surface area contributed by atoms with Crippen molar-refractivity contribution in [3.8, 4) is 0 Å². The third-order valence-electron chi connectivity index (χ3n) is 8.35. The second-order valence-electron chi connectivity index (χ2n) is 11.1. The summed E-state index contributed by atoms with van der Waals surface area (Å²) in [5, 5.41) is 5.82. The maximum atomic E-state index is 13.8. The molecule has 1 atom stereocenters. The summed E-state index contributed by atoms with van der Waals surface area (Å²) in [5.74, 6) is 0.517. The van der Waals surface area contributed by atoms with Gasteiger partial charge >= 0.3 is 6.09 Å². The van der Waals surface area contributed by atoms with Crippen molar-refractivity contribution >= 4 is 17.9 Å². The molecule has 222 valence electrons. The number of likely N-dealkylation sites (tertiary alicyclic amines) is 1. The normalized spacial score (nSPS) is 18.6. The monoisotopic (exact) mass is 572 g/mol. The minimum Gasteiger partial charge on any atom is -0.467 e. The Bertz CT molecular complexity index is 1290. The zero-order valence-corrected chi connectivity index (χ0v) is 24.0. The molecule has 0 aliphatic carbocycles. The van der Waals surface area contributed by atoms with E-state index >= 15 is 0 Å². The van der Waals surface area contributed by atoms with Crippen LogP contribution in [0.1, 0.15) is 49.0 Å². The van der Waals surface area contributed by atoms with Gasteiger partial charge in [-0.25, -0.2) is 4.79 Å². The van der Waals surface area contributed by atoms with Gasteiger partial charge in [0, 0.05) is 26.2 Å². The zero-order valence-electron chi connectivity index (χ0n) is 24.0. The summed E-state index contributed by atoms with van der Waals surface area (Å²) in [6.45, 7) is 3.34. The Kier molecular flexibility index (Phi) is 9.92. The molecule has 2 N–H and O–H groups in total. The molecular weight excluding hydrogens is 532 g/mol. The molecular formula is C33H40N4O5. The minimum absolute atomic E-state index is 0.0704. The van der Waals surface area contributed by atoms with E-state index in [1.807, 2.05) is 42.5 Å². The predicted molar refractivity (Wildman–Crippen MR) is 158 cm³/mol. The van der Waals surface area contributed by atoms with Gasteiger partial charge < -0.3 is 29.6 Å². The Morgan fingerprint density at radius 3 is 2.36 bits per heavy atom. The van der Waals surface area contributed by atoms with E-state index in [1.165, 1.54) is 5.56 Å². The summed E-state index contributed by atoms with van der Waals surface area (Å²) in [6.07, 6.45) is 5.09. The average Bonchev–Trinajstić information content (AvgIpc) is 3.55. The first-order chi connectivity index (χ1) is 20.5. The zero-order chi connectivity index (χ0) is 29.2. The van der Waals surface area contributed by atoms with Crippen molar-refractivity contribution in [2.24, 2.45) is 0 Å². The van der Waals surface area contributed by atoms with E-state index in [-0.39, 0.29) is 25.0 Å². The van der Waals surface area contributed by atoms with Crippen molar-refractivity contribution in [3.05, 3.63) is 95.9 Å². The number of alkyl carbamates (subject to hydrolysis) is 1. The molecule has 0 saturated carbocycles. The number of nitrogens with zero attached hydrogens (tertiary/aromatic N) is 2. The Balaban J connectivity index is 1.12. The number of hydrogen-bond donors (Lipinski definition) is 2. The number of carbonyl (C=O) groups is 3. The lowest BCUT2D eigenvalue weighted by atomic mass is 9.81. The number of carbonyl (C=O) groups excluding carboxylic acids is 3. The minimum atomic E-state index is -0.881. The van der Waals surface area contributed by atoms with Gasteiger partial charge in [0.1, 0.15) is 23.9 Å². The Labute approximate surface area is 247 Å². The van der Waals surface area contributed by atoms with E-state index in [2.05, 4.69) is 39.8 Å². The first-order valence-electron chi connectivity index (χ1n) is 14.9. The van der Waals surface area contributed by atoms with Crippen LogP contribution in [0.25, 0.3) is 0 Å². The van der Waals surface area contributed by atoms with Crippen molar-refractivity contribution < 1.29 is 23.5 Å². The van der Waals surface area contributed by atoms with Crippen LogP contribution in [0.5, 0.6) is 0 Å². The van der Waals surface area contributed by atoms with Gasteiger partial charge in [0.2, 0.25) is 11.8 Å². The third-order valence-corrected chi connectivity index (χ3v) is 8.35. The van der Waals surface area contributed by atoms with Crippen LogP contribution < -0.4 is 10.6 Å². The fraction of sp³-hybridized carbons (Fsp3) is 0.424. The fourth-order valence-corrected chi connectivity index (χ4v) is 5.87. The standard InChI is InChI=1S/C33H40N4O5/c38-30-29(15-7-8-19-34-32(40)42-25-27-12-5-2-6-13-27)35-31(39)33(37(30)24-28-14-9-23-41-28)17-21-36(22-18-33)20-16-26-10-3-1-4-11-26/h1-6,9-14,23,29H,7-8,15-22,24-25H2,(H,34,40)(H,35,39). The first-order valence-corrected chi connectivity index (χ1v) is 14.9. The van der Waals surface area contributed by atoms with Crippen LogP contribution in [0, 0.1) is 0 Å². The number of piperazine rings is 1. The predicted octanol–water partition coefficient (Wildman–Crippen LogP) is 4.28. The van der Waals surface area contributed by atoms with Crippen LogP contribution in [0.3, 0.4) is 0 Å². The van der Waals surface area contributed by atoms with Crippen LogP contribution in [-0.2, 0) is 33.9 Å². The highest BCUT2D eigenvalue weighted by molar-refractivity contribution is 6.00. The highest BCUT2D eigenvalue weighted by Gasteiger charge is 2.53. The number of nitrogens with one attached hydrogen (secondary N) is 2. The quantitative estimate of drug-likeness (QED) is 0.314. The number of amides is 3. The molecule has 2 saturated heterocycles. The number of furan rings is 1. The number of unbranched alkanes of at least 4 members (excludes halogenated alkanes) is 1. The van der Waals surface area contributed by atoms with E-state index in [4.69, 9.17) is 9.15 Å². The molecule has 0 bridgehead atoms. The average molecular weight is 573 g/mol. The number of ether oxygens (including phenoxy) is 1. The van der Waals surface area contributed by atoms with Crippen LogP contribution in [0.15, 0.2) is 83.5 Å². The number of piperidine rings is 1. The molecule has 2 aliphatic rings. The van der Waals surface area contributed by atoms with Crippen LogP contribution in [0.2, 0.25) is 0 Å². The van der Waals surface area contributed by atoms with Gasteiger partial charge in [0.15, 0.2) is 0 Å². The van der Waals surface area contributed by atoms with Gasteiger partial charge in [-0.2, -0.15) is 0 Å². The molecule has 2 aromatic carbocycles. The molecule has 3 amide bonds. The molecule has 2 fully saturated rings. The van der Waals surface area contributed by atoms with E-state index in [1.54, 1.807) is 17.2 Å². The maximum absolute atomic E-state index is 13.8. The Hall–Kier alpha value is -4.11. The van der Waals surface area contributed by atoms with Gasteiger partial charge in [-0.1, -0.05) is 60.7 Å². The van der Waals surface area contributed by atoms with E-state index in [0.717, 1.165) is 31.6 Å². The number of hydrogen-bond acceptors (Lipinski definition) is 6. The van der Waals surface area contributed by atoms with Crippen LogP contribution in [0.4, 0.5) is 4.79 Å². The second kappa shape index (κ2) is 14.2. The van der Waals surface area contributed by atoms with Gasteiger partial charge in [0.05, 0.1) is 12.8 Å². The summed E-state index contributed by atoms with van der Waals surface area (Å²) < 4.78 is 10.8. The molecule has 1 spiro atoms. The van der Waals surface area contributed by atoms with Crippen LogP contribution >= 0.6 is 0 Å².